The summed E-state index contributed by atoms with van der Waals surface area (Å²) < 4.78 is 20.6. The zero-order valence-corrected chi connectivity index (χ0v) is 22.0. The maximum atomic E-state index is 14.0. The Kier molecular flexibility index (Phi) is 8.05. The van der Waals surface area contributed by atoms with Crippen LogP contribution in [0.4, 0.5) is 4.39 Å². The number of carbonyl (C=O) groups excluding carboxylic acids is 2. The lowest BCUT2D eigenvalue weighted by Gasteiger charge is -2.34. The van der Waals surface area contributed by atoms with Crippen LogP contribution in [0.5, 0.6) is 5.75 Å². The van der Waals surface area contributed by atoms with Crippen molar-refractivity contribution in [3.63, 3.8) is 0 Å². The van der Waals surface area contributed by atoms with E-state index >= 15 is 0 Å². The molecule has 9 heteroatoms. The van der Waals surface area contributed by atoms with Gasteiger partial charge in [-0.15, -0.1) is 5.10 Å². The second-order valence-electron chi connectivity index (χ2n) is 9.79. The van der Waals surface area contributed by atoms with Gasteiger partial charge in [-0.1, -0.05) is 48.5 Å². The van der Waals surface area contributed by atoms with E-state index in [9.17, 15) is 14.0 Å². The van der Waals surface area contributed by atoms with Gasteiger partial charge in [-0.3, -0.25) is 9.59 Å². The molecular weight excluding hydrogens is 485 g/mol. The number of ether oxygens (including phenoxy) is 1. The van der Waals surface area contributed by atoms with Crippen LogP contribution in [0, 0.1) is 5.82 Å². The van der Waals surface area contributed by atoms with Gasteiger partial charge in [0.1, 0.15) is 29.7 Å². The third-order valence-electron chi connectivity index (χ3n) is 6.63. The third-order valence-corrected chi connectivity index (χ3v) is 6.63. The van der Waals surface area contributed by atoms with Crippen molar-refractivity contribution in [1.82, 2.24) is 25.2 Å². The molecular formula is C29H32FN5O3. The van der Waals surface area contributed by atoms with Crippen molar-refractivity contribution < 1.29 is 18.7 Å². The van der Waals surface area contributed by atoms with Gasteiger partial charge >= 0.3 is 0 Å². The van der Waals surface area contributed by atoms with E-state index in [1.165, 1.54) is 33.8 Å². The maximum absolute atomic E-state index is 14.0. The standard InChI is InChI=1S/C29H32FN5O3/c1-5-29(2,3)31-28(37)27(21-12-14-22(30)15-13-21)34(18-20-10-16-23(38-4)17-11-20)26(36)19-35-25-9-7-6-8-24(25)32-33-35/h6-17,27H,5,18-19H2,1-4H3,(H,31,37)/t27-/m0/s1. The lowest BCUT2D eigenvalue weighted by Crippen LogP contribution is -2.50. The summed E-state index contributed by atoms with van der Waals surface area (Å²) in [7, 11) is 1.58. The Labute approximate surface area is 221 Å². The van der Waals surface area contributed by atoms with Crippen molar-refractivity contribution in [2.24, 2.45) is 0 Å². The highest BCUT2D eigenvalue weighted by Crippen LogP contribution is 2.27. The van der Waals surface area contributed by atoms with Crippen LogP contribution in [0.3, 0.4) is 0 Å². The van der Waals surface area contributed by atoms with Gasteiger partial charge in [0.25, 0.3) is 0 Å². The molecule has 0 saturated carbocycles. The van der Waals surface area contributed by atoms with Crippen molar-refractivity contribution in [2.45, 2.75) is 51.9 Å². The molecule has 0 saturated heterocycles. The Morgan fingerprint density at radius 1 is 1.05 bits per heavy atom. The molecule has 3 aromatic carbocycles. The van der Waals surface area contributed by atoms with E-state index in [0.29, 0.717) is 28.8 Å². The molecule has 4 aromatic rings. The number of amides is 2. The number of methoxy groups -OCH3 is 1. The average molecular weight is 518 g/mol. The first-order valence-corrected chi connectivity index (χ1v) is 12.5. The van der Waals surface area contributed by atoms with E-state index in [1.807, 2.05) is 57.2 Å². The number of rotatable bonds is 10. The van der Waals surface area contributed by atoms with Gasteiger partial charge in [0.05, 0.1) is 12.6 Å². The van der Waals surface area contributed by atoms with Gasteiger partial charge in [-0.05, 0) is 67.8 Å². The molecule has 0 unspecified atom stereocenters. The summed E-state index contributed by atoms with van der Waals surface area (Å²) in [4.78, 5) is 29.3. The second kappa shape index (κ2) is 11.4. The number of halogens is 1. The van der Waals surface area contributed by atoms with Gasteiger partial charge < -0.3 is 15.0 Å². The van der Waals surface area contributed by atoms with E-state index in [4.69, 9.17) is 4.74 Å². The molecule has 0 spiro atoms. The molecule has 0 bridgehead atoms. The van der Waals surface area contributed by atoms with Gasteiger partial charge in [-0.2, -0.15) is 0 Å². The highest BCUT2D eigenvalue weighted by atomic mass is 19.1. The summed E-state index contributed by atoms with van der Waals surface area (Å²) in [6.07, 6.45) is 0.687. The molecule has 0 aliphatic heterocycles. The van der Waals surface area contributed by atoms with Crippen molar-refractivity contribution >= 4 is 22.8 Å². The smallest absolute Gasteiger partial charge is 0.247 e. The number of hydrogen-bond acceptors (Lipinski definition) is 5. The Balaban J connectivity index is 1.76. The number of nitrogens with zero attached hydrogens (tertiary/aromatic N) is 4. The lowest BCUT2D eigenvalue weighted by molar-refractivity contribution is -0.143. The minimum atomic E-state index is -1.01. The largest absolute Gasteiger partial charge is 0.497 e. The Morgan fingerprint density at radius 2 is 1.74 bits per heavy atom. The number of nitrogens with one attached hydrogen (secondary N) is 1. The van der Waals surface area contributed by atoms with Crippen LogP contribution in [-0.4, -0.2) is 44.4 Å². The predicted octanol–water partition coefficient (Wildman–Crippen LogP) is 4.65. The van der Waals surface area contributed by atoms with Crippen LogP contribution in [-0.2, 0) is 22.7 Å². The van der Waals surface area contributed by atoms with Crippen molar-refractivity contribution in [3.05, 3.63) is 89.7 Å². The highest BCUT2D eigenvalue weighted by molar-refractivity contribution is 5.89. The van der Waals surface area contributed by atoms with Crippen molar-refractivity contribution in [3.8, 4) is 5.75 Å². The minimum Gasteiger partial charge on any atom is -0.497 e. The quantitative estimate of drug-likeness (QED) is 0.331. The molecule has 4 rings (SSSR count). The van der Waals surface area contributed by atoms with Crippen LogP contribution < -0.4 is 10.1 Å². The number of benzene rings is 3. The summed E-state index contributed by atoms with van der Waals surface area (Å²) in [6.45, 7) is 5.83. The monoisotopic (exact) mass is 517 g/mol. The molecule has 2 amide bonds. The summed E-state index contributed by atoms with van der Waals surface area (Å²) in [6, 6.07) is 19.3. The van der Waals surface area contributed by atoms with Crippen molar-refractivity contribution in [1.29, 1.82) is 0 Å². The van der Waals surface area contributed by atoms with E-state index in [1.54, 1.807) is 19.2 Å². The number of carbonyl (C=O) groups is 2. The molecule has 1 heterocycles. The van der Waals surface area contributed by atoms with Crippen LogP contribution in [0.25, 0.3) is 11.0 Å². The molecule has 0 fully saturated rings. The molecule has 1 N–H and O–H groups in total. The van der Waals surface area contributed by atoms with Gasteiger partial charge in [-0.25, -0.2) is 9.07 Å². The molecule has 1 aromatic heterocycles. The Hall–Kier alpha value is -4.27. The fraction of sp³-hybridized carbons (Fsp3) is 0.310. The Bertz CT molecular complexity index is 1400. The van der Waals surface area contributed by atoms with Gasteiger partial charge in [0.2, 0.25) is 11.8 Å². The third kappa shape index (κ3) is 6.16. The second-order valence-corrected chi connectivity index (χ2v) is 9.79. The number of para-hydroxylation sites is 1. The van der Waals surface area contributed by atoms with Crippen LogP contribution >= 0.6 is 0 Å². The maximum Gasteiger partial charge on any atom is 0.247 e. The fourth-order valence-electron chi connectivity index (χ4n) is 4.11. The van der Waals surface area contributed by atoms with Crippen LogP contribution in [0.1, 0.15) is 44.4 Å². The van der Waals surface area contributed by atoms with E-state index < -0.39 is 17.4 Å². The first kappa shape index (κ1) is 26.8. The zero-order chi connectivity index (χ0) is 27.3. The number of aromatic nitrogens is 3. The summed E-state index contributed by atoms with van der Waals surface area (Å²) in [5.74, 6) is -0.439. The number of fused-ring (bicyclic) bond motifs is 1. The normalized spacial score (nSPS) is 12.2. The predicted molar refractivity (Wildman–Crippen MR) is 143 cm³/mol. The minimum absolute atomic E-state index is 0.126. The summed E-state index contributed by atoms with van der Waals surface area (Å²) in [5.41, 5.74) is 2.17. The van der Waals surface area contributed by atoms with E-state index in [2.05, 4.69) is 15.6 Å². The van der Waals surface area contributed by atoms with Crippen LogP contribution in [0.2, 0.25) is 0 Å². The molecule has 1 atom stereocenters. The van der Waals surface area contributed by atoms with Crippen molar-refractivity contribution in [2.75, 3.05) is 7.11 Å². The molecule has 0 aliphatic rings. The highest BCUT2D eigenvalue weighted by Gasteiger charge is 2.34. The first-order valence-electron chi connectivity index (χ1n) is 12.5. The topological polar surface area (TPSA) is 89.4 Å². The number of hydrogen-bond donors (Lipinski definition) is 1. The van der Waals surface area contributed by atoms with E-state index in [0.717, 1.165) is 5.56 Å². The molecule has 38 heavy (non-hydrogen) atoms. The Morgan fingerprint density at radius 3 is 2.39 bits per heavy atom. The average Bonchev–Trinajstić information content (AvgIpc) is 3.32. The lowest BCUT2D eigenvalue weighted by atomic mass is 9.98. The van der Waals surface area contributed by atoms with E-state index in [-0.39, 0.29) is 24.9 Å². The summed E-state index contributed by atoms with van der Waals surface area (Å²) in [5, 5.41) is 11.4. The summed E-state index contributed by atoms with van der Waals surface area (Å²) >= 11 is 0. The van der Waals surface area contributed by atoms with Gasteiger partial charge in [0.15, 0.2) is 0 Å². The first-order chi connectivity index (χ1) is 18.2. The molecule has 0 aliphatic carbocycles. The van der Waals surface area contributed by atoms with Gasteiger partial charge in [0, 0.05) is 12.1 Å². The zero-order valence-electron chi connectivity index (χ0n) is 22.0. The molecule has 198 valence electrons. The van der Waals surface area contributed by atoms with Crippen LogP contribution in [0.15, 0.2) is 72.8 Å². The fourth-order valence-corrected chi connectivity index (χ4v) is 4.11. The SMILES string of the molecule is CCC(C)(C)NC(=O)[C@H](c1ccc(F)cc1)N(Cc1ccc(OC)cc1)C(=O)Cn1nnc2ccccc21. The molecule has 0 radical (unpaired) electrons. The molecule has 8 nitrogen and oxygen atoms in total.